The molecule has 2 aromatic rings. The third-order valence-electron chi connectivity index (χ3n) is 2.60. The summed E-state index contributed by atoms with van der Waals surface area (Å²) in [4.78, 5) is 10.6. The molecular formula is C12H16N6O. The van der Waals surface area contributed by atoms with Crippen molar-refractivity contribution >= 4 is 11.9 Å². The summed E-state index contributed by atoms with van der Waals surface area (Å²) in [6.45, 7) is 0.695. The molecule has 1 heterocycles. The van der Waals surface area contributed by atoms with E-state index in [2.05, 4.69) is 20.8 Å². The van der Waals surface area contributed by atoms with Gasteiger partial charge in [0.15, 0.2) is 0 Å². The molecule has 0 aliphatic carbocycles. The van der Waals surface area contributed by atoms with Gasteiger partial charge in [0.05, 0.1) is 5.69 Å². The molecule has 0 saturated heterocycles. The van der Waals surface area contributed by atoms with E-state index in [-0.39, 0.29) is 5.91 Å². The molecule has 1 aromatic carbocycles. The highest BCUT2D eigenvalue weighted by Crippen LogP contribution is 2.10. The van der Waals surface area contributed by atoms with E-state index in [0.29, 0.717) is 18.9 Å². The van der Waals surface area contributed by atoms with Gasteiger partial charge >= 0.3 is 0 Å². The summed E-state index contributed by atoms with van der Waals surface area (Å²) in [5, 5.41) is 14.6. The second-order valence-electron chi connectivity index (χ2n) is 4.10. The Labute approximate surface area is 110 Å². The zero-order valence-corrected chi connectivity index (χ0v) is 10.5. The zero-order chi connectivity index (χ0) is 13.5. The summed E-state index contributed by atoms with van der Waals surface area (Å²) in [7, 11) is 0. The van der Waals surface area contributed by atoms with Crippen LogP contribution in [0.5, 0.6) is 0 Å². The number of nitrogens with two attached hydrogens (primary N) is 1. The minimum Gasteiger partial charge on any atom is -0.370 e. The van der Waals surface area contributed by atoms with Crippen LogP contribution in [0.15, 0.2) is 30.3 Å². The van der Waals surface area contributed by atoms with Crippen LogP contribution in [0.4, 0.5) is 5.95 Å². The molecule has 7 heteroatoms. The van der Waals surface area contributed by atoms with E-state index in [9.17, 15) is 4.79 Å². The summed E-state index contributed by atoms with van der Waals surface area (Å²) in [6, 6.07) is 9.63. The standard InChI is InChI=1S/C12H16N6O/c13-11(19)8-4-5-9-14-12-15-16-17-18(12)10-6-2-1-3-7-10/h1-3,6-7H,4-5,8-9H2,(H2,13,19)(H,14,15,17). The number of amides is 1. The van der Waals surface area contributed by atoms with E-state index >= 15 is 0 Å². The van der Waals surface area contributed by atoms with Crippen LogP contribution in [0.1, 0.15) is 19.3 Å². The van der Waals surface area contributed by atoms with E-state index in [1.54, 1.807) is 4.68 Å². The average Bonchev–Trinajstić information content (AvgIpc) is 2.87. The Balaban J connectivity index is 1.88. The summed E-state index contributed by atoms with van der Waals surface area (Å²) in [6.07, 6.45) is 2.01. The fourth-order valence-electron chi connectivity index (χ4n) is 1.66. The third kappa shape index (κ3) is 3.77. The minimum absolute atomic E-state index is 0.269. The van der Waals surface area contributed by atoms with E-state index < -0.39 is 0 Å². The third-order valence-corrected chi connectivity index (χ3v) is 2.60. The second-order valence-corrected chi connectivity index (χ2v) is 4.10. The van der Waals surface area contributed by atoms with Gasteiger partial charge in [0, 0.05) is 13.0 Å². The fourth-order valence-corrected chi connectivity index (χ4v) is 1.66. The number of carbonyl (C=O) groups is 1. The highest BCUT2D eigenvalue weighted by molar-refractivity contribution is 5.73. The van der Waals surface area contributed by atoms with Gasteiger partial charge in [0.2, 0.25) is 11.9 Å². The molecule has 0 saturated carbocycles. The number of anilines is 1. The highest BCUT2D eigenvalue weighted by Gasteiger charge is 2.06. The number of benzene rings is 1. The number of para-hydroxylation sites is 1. The van der Waals surface area contributed by atoms with Crippen LogP contribution in [0.3, 0.4) is 0 Å². The lowest BCUT2D eigenvalue weighted by molar-refractivity contribution is -0.118. The average molecular weight is 260 g/mol. The number of nitrogens with zero attached hydrogens (tertiary/aromatic N) is 4. The smallest absolute Gasteiger partial charge is 0.247 e. The first-order valence-corrected chi connectivity index (χ1v) is 6.13. The Bertz CT molecular complexity index is 524. The van der Waals surface area contributed by atoms with Crippen LogP contribution in [-0.4, -0.2) is 32.7 Å². The Morgan fingerprint density at radius 3 is 2.79 bits per heavy atom. The second kappa shape index (κ2) is 6.48. The molecule has 1 amide bonds. The van der Waals surface area contributed by atoms with Gasteiger partial charge in [-0.15, -0.1) is 0 Å². The molecule has 0 spiro atoms. The largest absolute Gasteiger partial charge is 0.370 e. The lowest BCUT2D eigenvalue weighted by Gasteiger charge is -2.06. The fraction of sp³-hybridized carbons (Fsp3) is 0.333. The summed E-state index contributed by atoms with van der Waals surface area (Å²) in [5.41, 5.74) is 5.97. The quantitative estimate of drug-likeness (QED) is 0.715. The summed E-state index contributed by atoms with van der Waals surface area (Å²) < 4.78 is 1.63. The van der Waals surface area contributed by atoms with Gasteiger partial charge in [0.1, 0.15) is 0 Å². The van der Waals surface area contributed by atoms with Gasteiger partial charge in [-0.05, 0) is 35.4 Å². The maximum absolute atomic E-state index is 10.6. The number of nitrogens with one attached hydrogen (secondary N) is 1. The number of rotatable bonds is 7. The van der Waals surface area contributed by atoms with Gasteiger partial charge in [0.25, 0.3) is 0 Å². The maximum Gasteiger partial charge on any atom is 0.247 e. The molecule has 0 aliphatic rings. The van der Waals surface area contributed by atoms with Crippen LogP contribution in [0.2, 0.25) is 0 Å². The molecule has 3 N–H and O–H groups in total. The van der Waals surface area contributed by atoms with Crippen molar-refractivity contribution in [3.63, 3.8) is 0 Å². The van der Waals surface area contributed by atoms with Crippen molar-refractivity contribution in [3.05, 3.63) is 30.3 Å². The van der Waals surface area contributed by atoms with E-state index in [4.69, 9.17) is 5.73 Å². The normalized spacial score (nSPS) is 10.3. The molecule has 100 valence electrons. The first-order chi connectivity index (χ1) is 9.27. The molecule has 7 nitrogen and oxygen atoms in total. The van der Waals surface area contributed by atoms with Crippen molar-refractivity contribution in [3.8, 4) is 5.69 Å². The highest BCUT2D eigenvalue weighted by atomic mass is 16.1. The van der Waals surface area contributed by atoms with E-state index in [0.717, 1.165) is 18.5 Å². The van der Waals surface area contributed by atoms with Gasteiger partial charge in [-0.2, -0.15) is 4.68 Å². The lowest BCUT2D eigenvalue weighted by Crippen LogP contribution is -2.12. The van der Waals surface area contributed by atoms with Gasteiger partial charge in [-0.25, -0.2) is 0 Å². The first-order valence-electron chi connectivity index (χ1n) is 6.13. The topological polar surface area (TPSA) is 98.7 Å². The number of hydrogen-bond acceptors (Lipinski definition) is 5. The Kier molecular flexibility index (Phi) is 4.44. The van der Waals surface area contributed by atoms with Crippen molar-refractivity contribution in [1.82, 2.24) is 20.2 Å². The van der Waals surface area contributed by atoms with Crippen LogP contribution in [-0.2, 0) is 4.79 Å². The van der Waals surface area contributed by atoms with Crippen LogP contribution in [0.25, 0.3) is 5.69 Å². The van der Waals surface area contributed by atoms with Crippen molar-refractivity contribution in [2.75, 3.05) is 11.9 Å². The molecule has 0 bridgehead atoms. The van der Waals surface area contributed by atoms with Crippen LogP contribution < -0.4 is 11.1 Å². The molecule has 0 fully saturated rings. The van der Waals surface area contributed by atoms with Crippen molar-refractivity contribution in [2.45, 2.75) is 19.3 Å². The number of aromatic nitrogens is 4. The number of tetrazole rings is 1. The molecule has 0 radical (unpaired) electrons. The Morgan fingerprint density at radius 1 is 1.26 bits per heavy atom. The molecule has 2 rings (SSSR count). The van der Waals surface area contributed by atoms with Crippen molar-refractivity contribution in [2.24, 2.45) is 5.73 Å². The minimum atomic E-state index is -0.269. The lowest BCUT2D eigenvalue weighted by atomic mass is 10.2. The number of hydrogen-bond donors (Lipinski definition) is 2. The molecule has 0 aliphatic heterocycles. The number of primary amides is 1. The molecule has 1 aromatic heterocycles. The molecule has 19 heavy (non-hydrogen) atoms. The maximum atomic E-state index is 10.6. The molecule has 0 atom stereocenters. The number of unbranched alkanes of at least 4 members (excludes halogenated alkanes) is 1. The van der Waals surface area contributed by atoms with Crippen LogP contribution >= 0.6 is 0 Å². The zero-order valence-electron chi connectivity index (χ0n) is 10.5. The van der Waals surface area contributed by atoms with Gasteiger partial charge in [-0.1, -0.05) is 23.3 Å². The predicted molar refractivity (Wildman–Crippen MR) is 70.7 cm³/mol. The van der Waals surface area contributed by atoms with Crippen molar-refractivity contribution < 1.29 is 4.79 Å². The predicted octanol–water partition coefficient (Wildman–Crippen LogP) is 0.730. The van der Waals surface area contributed by atoms with Gasteiger partial charge < -0.3 is 11.1 Å². The Hall–Kier alpha value is -2.44. The van der Waals surface area contributed by atoms with E-state index in [1.165, 1.54) is 0 Å². The van der Waals surface area contributed by atoms with Gasteiger partial charge in [-0.3, -0.25) is 4.79 Å². The monoisotopic (exact) mass is 260 g/mol. The Morgan fingerprint density at radius 2 is 2.05 bits per heavy atom. The summed E-state index contributed by atoms with van der Waals surface area (Å²) >= 11 is 0. The van der Waals surface area contributed by atoms with Crippen LogP contribution in [0, 0.1) is 0 Å². The summed E-state index contributed by atoms with van der Waals surface area (Å²) in [5.74, 6) is 0.319. The molecule has 0 unspecified atom stereocenters. The molecular weight excluding hydrogens is 244 g/mol. The van der Waals surface area contributed by atoms with E-state index in [1.807, 2.05) is 30.3 Å². The number of carbonyl (C=O) groups excluding carboxylic acids is 1. The first kappa shape index (κ1) is 13.0. The SMILES string of the molecule is NC(=O)CCCCNc1nnnn1-c1ccccc1. The van der Waals surface area contributed by atoms with Crippen molar-refractivity contribution in [1.29, 1.82) is 0 Å².